The van der Waals surface area contributed by atoms with Crippen LogP contribution in [0, 0.1) is 18.3 Å². The van der Waals surface area contributed by atoms with Crippen molar-refractivity contribution in [3.05, 3.63) is 29.3 Å². The Hall–Kier alpha value is -1.71. The monoisotopic (exact) mass is 280 g/mol. The average molecular weight is 280 g/mol. The lowest BCUT2D eigenvalue weighted by atomic mass is 10.2. The number of sulfonamides is 1. The third-order valence-corrected chi connectivity index (χ3v) is 4.45. The maximum atomic E-state index is 12.2. The first-order chi connectivity index (χ1) is 8.81. The van der Waals surface area contributed by atoms with Gasteiger partial charge in [0.2, 0.25) is 10.0 Å². The van der Waals surface area contributed by atoms with E-state index in [1.165, 1.54) is 13.0 Å². The molecular weight excluding hydrogens is 264 g/mol. The van der Waals surface area contributed by atoms with E-state index in [-0.39, 0.29) is 22.7 Å². The molecule has 5 nitrogen and oxygen atoms in total. The summed E-state index contributed by atoms with van der Waals surface area (Å²) >= 11 is 0. The van der Waals surface area contributed by atoms with Gasteiger partial charge in [0.1, 0.15) is 5.78 Å². The summed E-state index contributed by atoms with van der Waals surface area (Å²) in [6, 6.07) is 5.54. The van der Waals surface area contributed by atoms with E-state index in [4.69, 9.17) is 5.26 Å². The zero-order valence-corrected chi connectivity index (χ0v) is 11.9. The summed E-state index contributed by atoms with van der Waals surface area (Å²) < 4.78 is 26.7. The van der Waals surface area contributed by atoms with Crippen LogP contribution in [0.4, 0.5) is 0 Å². The van der Waals surface area contributed by atoms with Crippen LogP contribution in [0.25, 0.3) is 0 Å². The summed E-state index contributed by atoms with van der Waals surface area (Å²) in [5.74, 6) is -0.183. The van der Waals surface area contributed by atoms with Crippen molar-refractivity contribution in [2.75, 3.05) is 0 Å². The topological polar surface area (TPSA) is 87.0 Å². The van der Waals surface area contributed by atoms with Gasteiger partial charge in [-0.15, -0.1) is 0 Å². The van der Waals surface area contributed by atoms with Crippen LogP contribution in [0.1, 0.15) is 31.4 Å². The molecule has 0 spiro atoms. The normalized spacial score (nSPS) is 12.7. The van der Waals surface area contributed by atoms with Crippen molar-refractivity contribution in [1.29, 1.82) is 5.26 Å². The molecule has 0 aliphatic rings. The smallest absolute Gasteiger partial charge is 0.241 e. The second-order valence-electron chi connectivity index (χ2n) is 4.25. The minimum absolute atomic E-state index is 0.0299. The minimum Gasteiger partial charge on any atom is -0.298 e. The molecule has 1 atom stereocenters. The highest BCUT2D eigenvalue weighted by Gasteiger charge is 2.22. The highest BCUT2D eigenvalue weighted by molar-refractivity contribution is 7.89. The fourth-order valence-electron chi connectivity index (χ4n) is 1.63. The number of ketones is 1. The minimum atomic E-state index is -3.80. The van der Waals surface area contributed by atoms with Crippen LogP contribution < -0.4 is 4.72 Å². The maximum absolute atomic E-state index is 12.2. The van der Waals surface area contributed by atoms with Gasteiger partial charge in [-0.1, -0.05) is 13.0 Å². The molecule has 1 aromatic rings. The van der Waals surface area contributed by atoms with Gasteiger partial charge in [0, 0.05) is 6.42 Å². The number of carbonyl (C=O) groups excluding carboxylic acids is 1. The highest BCUT2D eigenvalue weighted by atomic mass is 32.2. The molecule has 1 unspecified atom stereocenters. The molecule has 6 heteroatoms. The quantitative estimate of drug-likeness (QED) is 0.885. The number of hydrogen-bond donors (Lipinski definition) is 1. The Morgan fingerprint density at radius 3 is 2.63 bits per heavy atom. The van der Waals surface area contributed by atoms with Crippen molar-refractivity contribution in [3.8, 4) is 6.07 Å². The number of nitrogens with one attached hydrogen (secondary N) is 1. The van der Waals surface area contributed by atoms with E-state index in [9.17, 15) is 13.2 Å². The summed E-state index contributed by atoms with van der Waals surface area (Å²) in [7, 11) is -3.80. The Labute approximate surface area is 113 Å². The SMILES string of the molecule is CCC(=O)C(C)NS(=O)(=O)c1cc(C#N)ccc1C. The van der Waals surface area contributed by atoms with Crippen molar-refractivity contribution in [2.24, 2.45) is 0 Å². The highest BCUT2D eigenvalue weighted by Crippen LogP contribution is 2.17. The maximum Gasteiger partial charge on any atom is 0.241 e. The van der Waals surface area contributed by atoms with E-state index in [0.29, 0.717) is 5.56 Å². The first-order valence-corrected chi connectivity index (χ1v) is 7.36. The molecule has 0 aromatic heterocycles. The van der Waals surface area contributed by atoms with Crippen LogP contribution in [0.2, 0.25) is 0 Å². The molecule has 0 saturated heterocycles. The Kier molecular flexibility index (Phi) is 4.81. The standard InChI is InChI=1S/C13H16N2O3S/c1-4-12(16)10(3)15-19(17,18)13-7-11(8-14)6-5-9(13)2/h5-7,10,15H,4H2,1-3H3. The summed E-state index contributed by atoms with van der Waals surface area (Å²) in [6.45, 7) is 4.82. The van der Waals surface area contributed by atoms with E-state index in [1.807, 2.05) is 6.07 Å². The largest absolute Gasteiger partial charge is 0.298 e. The second-order valence-corrected chi connectivity index (χ2v) is 5.94. The number of Topliss-reactive ketones (excluding diaryl/α,β-unsaturated/α-hetero) is 1. The molecule has 0 bridgehead atoms. The van der Waals surface area contributed by atoms with E-state index < -0.39 is 16.1 Å². The molecule has 0 saturated carbocycles. The van der Waals surface area contributed by atoms with Gasteiger partial charge in [-0.2, -0.15) is 5.26 Å². The summed E-state index contributed by atoms with van der Waals surface area (Å²) in [5, 5.41) is 8.81. The molecule has 1 N–H and O–H groups in total. The van der Waals surface area contributed by atoms with Gasteiger partial charge in [0.25, 0.3) is 0 Å². The number of rotatable bonds is 5. The van der Waals surface area contributed by atoms with Crippen molar-refractivity contribution in [1.82, 2.24) is 4.72 Å². The second kappa shape index (κ2) is 5.95. The third kappa shape index (κ3) is 3.63. The van der Waals surface area contributed by atoms with Gasteiger partial charge in [0.05, 0.1) is 22.6 Å². The summed E-state index contributed by atoms with van der Waals surface area (Å²) in [5.41, 5.74) is 0.795. The molecule has 0 aliphatic heterocycles. The van der Waals surface area contributed by atoms with Crippen LogP contribution in [0.15, 0.2) is 23.1 Å². The zero-order chi connectivity index (χ0) is 14.6. The fraction of sp³-hybridized carbons (Fsp3) is 0.385. The summed E-state index contributed by atoms with van der Waals surface area (Å²) in [4.78, 5) is 11.5. The molecule has 0 fully saturated rings. The lowest BCUT2D eigenvalue weighted by Crippen LogP contribution is -2.38. The Bertz CT molecular complexity index is 630. The number of carbonyl (C=O) groups is 1. The first kappa shape index (κ1) is 15.3. The van der Waals surface area contributed by atoms with Gasteiger partial charge < -0.3 is 0 Å². The molecule has 102 valence electrons. The van der Waals surface area contributed by atoms with Crippen LogP contribution >= 0.6 is 0 Å². The van der Waals surface area contributed by atoms with Crippen molar-refractivity contribution >= 4 is 15.8 Å². The lowest BCUT2D eigenvalue weighted by Gasteiger charge is -2.14. The van der Waals surface area contributed by atoms with Crippen molar-refractivity contribution < 1.29 is 13.2 Å². The van der Waals surface area contributed by atoms with Gasteiger partial charge in [-0.25, -0.2) is 13.1 Å². The van der Waals surface area contributed by atoms with Crippen LogP contribution in [0.3, 0.4) is 0 Å². The number of hydrogen-bond acceptors (Lipinski definition) is 4. The van der Waals surface area contributed by atoms with Crippen LogP contribution in [-0.2, 0) is 14.8 Å². The Balaban J connectivity index is 3.14. The number of nitriles is 1. The van der Waals surface area contributed by atoms with E-state index >= 15 is 0 Å². The van der Waals surface area contributed by atoms with Crippen molar-refractivity contribution in [2.45, 2.75) is 38.1 Å². The molecule has 1 aromatic carbocycles. The molecule has 1 rings (SSSR count). The van der Waals surface area contributed by atoms with E-state index in [0.717, 1.165) is 0 Å². The Morgan fingerprint density at radius 1 is 1.47 bits per heavy atom. The molecule has 0 amide bonds. The predicted molar refractivity (Wildman–Crippen MR) is 71.0 cm³/mol. The number of benzene rings is 1. The molecule has 0 heterocycles. The zero-order valence-electron chi connectivity index (χ0n) is 11.1. The molecule has 0 radical (unpaired) electrons. The van der Waals surface area contributed by atoms with E-state index in [1.54, 1.807) is 26.0 Å². The number of nitrogens with zero attached hydrogens (tertiary/aromatic N) is 1. The Morgan fingerprint density at radius 2 is 2.11 bits per heavy atom. The molecular formula is C13H16N2O3S. The van der Waals surface area contributed by atoms with Gasteiger partial charge in [-0.3, -0.25) is 4.79 Å². The van der Waals surface area contributed by atoms with Gasteiger partial charge in [-0.05, 0) is 31.5 Å². The van der Waals surface area contributed by atoms with E-state index in [2.05, 4.69) is 4.72 Å². The number of aryl methyl sites for hydroxylation is 1. The molecule has 19 heavy (non-hydrogen) atoms. The first-order valence-electron chi connectivity index (χ1n) is 5.87. The lowest BCUT2D eigenvalue weighted by molar-refractivity contribution is -0.119. The average Bonchev–Trinajstić information content (AvgIpc) is 2.37. The van der Waals surface area contributed by atoms with Gasteiger partial charge >= 0.3 is 0 Å². The fourth-order valence-corrected chi connectivity index (χ4v) is 3.13. The van der Waals surface area contributed by atoms with Crippen molar-refractivity contribution in [3.63, 3.8) is 0 Å². The molecule has 0 aliphatic carbocycles. The van der Waals surface area contributed by atoms with Crippen LogP contribution in [0.5, 0.6) is 0 Å². The summed E-state index contributed by atoms with van der Waals surface area (Å²) in [6.07, 6.45) is 0.265. The third-order valence-electron chi connectivity index (χ3n) is 2.77. The van der Waals surface area contributed by atoms with Crippen LogP contribution in [-0.4, -0.2) is 20.2 Å². The predicted octanol–water partition coefficient (Wildman–Crippen LogP) is 1.51. The van der Waals surface area contributed by atoms with Gasteiger partial charge in [0.15, 0.2) is 0 Å².